The van der Waals surface area contributed by atoms with E-state index in [1.54, 1.807) is 0 Å². The fourth-order valence-corrected chi connectivity index (χ4v) is 5.55. The first-order valence-electron chi connectivity index (χ1n) is 11.5. The van der Waals surface area contributed by atoms with Crippen LogP contribution >= 0.6 is 0 Å². The van der Waals surface area contributed by atoms with Crippen LogP contribution in [-0.2, 0) is 5.41 Å². The van der Waals surface area contributed by atoms with Crippen molar-refractivity contribution in [2.75, 3.05) is 0 Å². The molecule has 0 aliphatic heterocycles. The summed E-state index contributed by atoms with van der Waals surface area (Å²) >= 11 is 0. The molecule has 0 bridgehead atoms. The molecule has 5 aromatic carbocycles. The van der Waals surface area contributed by atoms with Gasteiger partial charge in [0.25, 0.3) is 0 Å². The Morgan fingerprint density at radius 3 is 1.74 bits per heavy atom. The maximum Gasteiger partial charge on any atom is 0.504 e. The van der Waals surface area contributed by atoms with Gasteiger partial charge in [-0.15, -0.1) is 0 Å². The molecule has 0 saturated heterocycles. The Kier molecular flexibility index (Phi) is 5.05. The lowest BCUT2D eigenvalue weighted by atomic mass is 9.66. The standard InChI is InChI=1S/C31H23BO2/c33-32-34-25-20-18-22(19-21-25)26-15-9-16-28-27-14-7-8-17-29(27)31(30(26)28,23-10-3-1-4-11-23)24-12-5-2-6-13-24/h1-21,32-33H. The van der Waals surface area contributed by atoms with Crippen LogP contribution in [0.4, 0.5) is 0 Å². The van der Waals surface area contributed by atoms with Crippen molar-refractivity contribution in [1.82, 2.24) is 0 Å². The average Bonchev–Trinajstić information content (AvgIpc) is 3.22. The third kappa shape index (κ3) is 3.02. The Morgan fingerprint density at radius 2 is 1.09 bits per heavy atom. The molecule has 0 saturated carbocycles. The minimum absolute atomic E-state index is 0.333. The summed E-state index contributed by atoms with van der Waals surface area (Å²) in [5.74, 6) is 0.652. The number of rotatable bonds is 5. The predicted molar refractivity (Wildman–Crippen MR) is 139 cm³/mol. The Labute approximate surface area is 200 Å². The molecule has 5 aromatic rings. The maximum atomic E-state index is 9.13. The molecule has 0 amide bonds. The van der Waals surface area contributed by atoms with Crippen LogP contribution in [0.15, 0.2) is 127 Å². The van der Waals surface area contributed by atoms with E-state index in [0.717, 1.165) is 5.56 Å². The summed E-state index contributed by atoms with van der Waals surface area (Å²) in [5.41, 5.74) is 9.50. The van der Waals surface area contributed by atoms with Crippen molar-refractivity contribution >= 4 is 7.69 Å². The topological polar surface area (TPSA) is 29.5 Å². The summed E-state index contributed by atoms with van der Waals surface area (Å²) in [6.07, 6.45) is 0. The van der Waals surface area contributed by atoms with Gasteiger partial charge in [-0.05, 0) is 56.6 Å². The lowest BCUT2D eigenvalue weighted by Gasteiger charge is -2.35. The molecule has 0 radical (unpaired) electrons. The highest BCUT2D eigenvalue weighted by atomic mass is 16.5. The van der Waals surface area contributed by atoms with E-state index in [0.29, 0.717) is 5.75 Å². The molecule has 162 valence electrons. The van der Waals surface area contributed by atoms with Crippen LogP contribution in [0.2, 0.25) is 0 Å². The molecule has 1 aliphatic rings. The Morgan fingerprint density at radius 1 is 0.529 bits per heavy atom. The first-order valence-corrected chi connectivity index (χ1v) is 11.5. The van der Waals surface area contributed by atoms with Gasteiger partial charge in [0.05, 0.1) is 5.41 Å². The smallest absolute Gasteiger partial charge is 0.504 e. The van der Waals surface area contributed by atoms with E-state index in [4.69, 9.17) is 9.68 Å². The summed E-state index contributed by atoms with van der Waals surface area (Å²) in [6.45, 7) is 0. The second kappa shape index (κ2) is 8.37. The van der Waals surface area contributed by atoms with E-state index in [-0.39, 0.29) is 7.69 Å². The molecule has 2 nitrogen and oxygen atoms in total. The second-order valence-corrected chi connectivity index (χ2v) is 8.55. The fourth-order valence-electron chi connectivity index (χ4n) is 5.55. The van der Waals surface area contributed by atoms with Gasteiger partial charge in [0.15, 0.2) is 0 Å². The summed E-state index contributed by atoms with van der Waals surface area (Å²) in [6, 6.07) is 45.0. The van der Waals surface area contributed by atoms with Gasteiger partial charge in [-0.1, -0.05) is 115 Å². The molecule has 0 heterocycles. The van der Waals surface area contributed by atoms with Gasteiger partial charge in [-0.25, -0.2) is 0 Å². The van der Waals surface area contributed by atoms with Gasteiger partial charge in [-0.2, -0.15) is 0 Å². The van der Waals surface area contributed by atoms with Gasteiger partial charge < -0.3 is 9.68 Å². The third-order valence-electron chi connectivity index (χ3n) is 6.87. The van der Waals surface area contributed by atoms with Crippen molar-refractivity contribution in [3.8, 4) is 28.0 Å². The number of benzene rings is 5. The Hall–Kier alpha value is -4.08. The minimum atomic E-state index is -0.439. The van der Waals surface area contributed by atoms with Crippen molar-refractivity contribution in [2.45, 2.75) is 5.41 Å². The predicted octanol–water partition coefficient (Wildman–Crippen LogP) is 6.35. The highest BCUT2D eigenvalue weighted by molar-refractivity contribution is 6.17. The molecule has 3 heteroatoms. The van der Waals surface area contributed by atoms with Crippen molar-refractivity contribution in [2.24, 2.45) is 0 Å². The van der Waals surface area contributed by atoms with E-state index in [9.17, 15) is 0 Å². The van der Waals surface area contributed by atoms with Gasteiger partial charge in [0.1, 0.15) is 5.75 Å². The van der Waals surface area contributed by atoms with E-state index < -0.39 is 5.41 Å². The Bertz CT molecular complexity index is 1410. The van der Waals surface area contributed by atoms with Gasteiger partial charge in [-0.3, -0.25) is 0 Å². The first kappa shape index (κ1) is 20.5. The van der Waals surface area contributed by atoms with Gasteiger partial charge >= 0.3 is 7.69 Å². The average molecular weight is 438 g/mol. The van der Waals surface area contributed by atoms with Crippen LogP contribution in [-0.4, -0.2) is 12.7 Å². The van der Waals surface area contributed by atoms with E-state index >= 15 is 0 Å². The zero-order valence-electron chi connectivity index (χ0n) is 18.7. The molecule has 0 atom stereocenters. The quantitative estimate of drug-likeness (QED) is 0.318. The molecule has 1 aliphatic carbocycles. The zero-order valence-corrected chi connectivity index (χ0v) is 18.7. The van der Waals surface area contributed by atoms with Crippen molar-refractivity contribution in [1.29, 1.82) is 0 Å². The summed E-state index contributed by atoms with van der Waals surface area (Å²) in [4.78, 5) is 0. The zero-order chi connectivity index (χ0) is 23.0. The normalized spacial score (nSPS) is 13.1. The fraction of sp³-hybridized carbons (Fsp3) is 0.0323. The highest BCUT2D eigenvalue weighted by Crippen LogP contribution is 2.58. The van der Waals surface area contributed by atoms with Crippen molar-refractivity contribution in [3.63, 3.8) is 0 Å². The Balaban J connectivity index is 1.72. The molecule has 0 aromatic heterocycles. The number of hydrogen-bond acceptors (Lipinski definition) is 2. The monoisotopic (exact) mass is 438 g/mol. The SMILES string of the molecule is OBOc1ccc(-c2cccc3c2C(c2ccccc2)(c2ccccc2)c2ccccc2-3)cc1. The van der Waals surface area contributed by atoms with Gasteiger partial charge in [0.2, 0.25) is 0 Å². The molecule has 0 spiro atoms. The summed E-state index contributed by atoms with van der Waals surface area (Å²) < 4.78 is 5.28. The molecule has 0 unspecified atom stereocenters. The second-order valence-electron chi connectivity index (χ2n) is 8.55. The third-order valence-corrected chi connectivity index (χ3v) is 6.87. The van der Waals surface area contributed by atoms with Crippen LogP contribution in [0.3, 0.4) is 0 Å². The van der Waals surface area contributed by atoms with E-state index in [1.165, 1.54) is 38.9 Å². The van der Waals surface area contributed by atoms with Crippen LogP contribution < -0.4 is 4.65 Å². The summed E-state index contributed by atoms with van der Waals surface area (Å²) in [7, 11) is -0.333. The number of fused-ring (bicyclic) bond motifs is 3. The van der Waals surface area contributed by atoms with E-state index in [1.807, 2.05) is 12.1 Å². The van der Waals surface area contributed by atoms with Gasteiger partial charge in [0, 0.05) is 0 Å². The molecule has 1 N–H and O–H groups in total. The molecule has 6 rings (SSSR count). The number of hydrogen-bond donors (Lipinski definition) is 1. The van der Waals surface area contributed by atoms with Crippen LogP contribution in [0.1, 0.15) is 22.3 Å². The van der Waals surface area contributed by atoms with Crippen LogP contribution in [0.25, 0.3) is 22.3 Å². The van der Waals surface area contributed by atoms with Crippen LogP contribution in [0, 0.1) is 0 Å². The van der Waals surface area contributed by atoms with Crippen molar-refractivity contribution < 1.29 is 9.68 Å². The summed E-state index contributed by atoms with van der Waals surface area (Å²) in [5, 5.41) is 9.13. The highest BCUT2D eigenvalue weighted by Gasteiger charge is 2.47. The minimum Gasteiger partial charge on any atom is -0.539 e. The molecule has 34 heavy (non-hydrogen) atoms. The van der Waals surface area contributed by atoms with Crippen LogP contribution in [0.5, 0.6) is 5.75 Å². The first-order chi connectivity index (χ1) is 16.8. The van der Waals surface area contributed by atoms with E-state index in [2.05, 4.69) is 115 Å². The lowest BCUT2D eigenvalue weighted by Crippen LogP contribution is -2.29. The largest absolute Gasteiger partial charge is 0.539 e. The lowest BCUT2D eigenvalue weighted by molar-refractivity contribution is 0.454. The van der Waals surface area contributed by atoms with Crippen molar-refractivity contribution in [3.05, 3.63) is 150 Å². The molecular weight excluding hydrogens is 415 g/mol. The maximum absolute atomic E-state index is 9.13. The molecule has 0 fully saturated rings. The molecular formula is C31H23BO2.